The normalized spacial score (nSPS) is 13.6. The summed E-state index contributed by atoms with van der Waals surface area (Å²) in [5.74, 6) is 0. The number of nitrogens with zero attached hydrogens (tertiary/aromatic N) is 1. The Balaban J connectivity index is 1.03. The van der Waals surface area contributed by atoms with Gasteiger partial charge in [0.05, 0.1) is 12.3 Å². The van der Waals surface area contributed by atoms with Gasteiger partial charge in [-0.15, -0.1) is 0 Å². The highest BCUT2D eigenvalue weighted by Crippen LogP contribution is 2.54. The predicted molar refractivity (Wildman–Crippen MR) is 243 cm³/mol. The maximum Gasteiger partial charge on any atom is 0.0677 e. The van der Waals surface area contributed by atoms with Crippen molar-refractivity contribution in [2.45, 2.75) is 25.8 Å². The summed E-state index contributed by atoms with van der Waals surface area (Å²) in [6.45, 7) is 5.33. The van der Waals surface area contributed by atoms with Crippen molar-refractivity contribution in [2.75, 3.05) is 0 Å². The molecule has 2 N–H and O–H groups in total. The second-order valence-electron chi connectivity index (χ2n) is 15.7. The van der Waals surface area contributed by atoms with E-state index in [-0.39, 0.29) is 5.41 Å². The van der Waals surface area contributed by atoms with Crippen LogP contribution in [0.4, 0.5) is 0 Å². The molecule has 0 heterocycles. The lowest BCUT2D eigenvalue weighted by Crippen LogP contribution is -2.16. The molecule has 2 nitrogen and oxygen atoms in total. The van der Waals surface area contributed by atoms with Gasteiger partial charge in [-0.05, 0) is 88.5 Å². The molecular formula is C55H42N2. The highest BCUT2D eigenvalue weighted by Gasteiger charge is 2.38. The van der Waals surface area contributed by atoms with Crippen molar-refractivity contribution in [3.8, 4) is 33.4 Å². The smallest absolute Gasteiger partial charge is 0.0677 e. The molecule has 0 radical (unpaired) electrons. The molecule has 1 aliphatic rings. The van der Waals surface area contributed by atoms with Crippen molar-refractivity contribution in [3.05, 3.63) is 222 Å². The summed E-state index contributed by atoms with van der Waals surface area (Å²) in [4.78, 5) is 5.17. The quantitative estimate of drug-likeness (QED) is 0.163. The van der Waals surface area contributed by atoms with Gasteiger partial charge in [0, 0.05) is 22.2 Å². The monoisotopic (exact) mass is 730 g/mol. The molecule has 9 aromatic rings. The van der Waals surface area contributed by atoms with Crippen LogP contribution in [0.2, 0.25) is 0 Å². The first-order valence-electron chi connectivity index (χ1n) is 19.8. The van der Waals surface area contributed by atoms with E-state index in [1.807, 2.05) is 6.07 Å². The van der Waals surface area contributed by atoms with E-state index in [1.165, 1.54) is 60.7 Å². The molecule has 0 fully saturated rings. The number of allylic oxidation sites excluding steroid dienone is 1. The molecule has 57 heavy (non-hydrogen) atoms. The second-order valence-corrected chi connectivity index (χ2v) is 15.7. The van der Waals surface area contributed by atoms with Gasteiger partial charge in [0.2, 0.25) is 0 Å². The number of hydrogen-bond donors (Lipinski definition) is 1. The molecular weight excluding hydrogens is 689 g/mol. The topological polar surface area (TPSA) is 38.4 Å². The van der Waals surface area contributed by atoms with Gasteiger partial charge >= 0.3 is 0 Å². The summed E-state index contributed by atoms with van der Waals surface area (Å²) < 4.78 is 0. The fourth-order valence-electron chi connectivity index (χ4n) is 9.26. The Morgan fingerprint density at radius 3 is 1.79 bits per heavy atom. The van der Waals surface area contributed by atoms with Crippen LogP contribution in [0.1, 0.15) is 41.7 Å². The lowest BCUT2D eigenvalue weighted by Gasteiger charge is -2.26. The summed E-state index contributed by atoms with van der Waals surface area (Å²) in [5.41, 5.74) is 22.1. The van der Waals surface area contributed by atoms with Crippen molar-refractivity contribution < 1.29 is 0 Å². The van der Waals surface area contributed by atoms with Gasteiger partial charge in [-0.25, -0.2) is 0 Å². The highest BCUT2D eigenvalue weighted by atomic mass is 14.7. The van der Waals surface area contributed by atoms with Crippen molar-refractivity contribution in [3.63, 3.8) is 0 Å². The average molecular weight is 731 g/mol. The molecule has 0 amide bonds. The first-order chi connectivity index (χ1) is 28.0. The molecule has 2 heteroatoms. The van der Waals surface area contributed by atoms with Crippen LogP contribution in [0.5, 0.6) is 0 Å². The third kappa shape index (κ3) is 5.93. The molecule has 0 unspecified atom stereocenters. The van der Waals surface area contributed by atoms with E-state index >= 15 is 0 Å². The largest absolute Gasteiger partial charge is 0.398 e. The Morgan fingerprint density at radius 2 is 1.02 bits per heavy atom. The minimum atomic E-state index is -0.139. The fraction of sp³-hybridized carbons (Fsp3) is 0.0727. The van der Waals surface area contributed by atoms with E-state index in [9.17, 15) is 0 Å². The Labute approximate surface area is 334 Å². The van der Waals surface area contributed by atoms with E-state index < -0.39 is 0 Å². The lowest BCUT2D eigenvalue weighted by molar-refractivity contribution is 0.668. The Morgan fingerprint density at radius 1 is 0.456 bits per heavy atom. The molecule has 0 aromatic heterocycles. The molecule has 10 rings (SSSR count). The van der Waals surface area contributed by atoms with Gasteiger partial charge in [0.15, 0.2) is 0 Å². The number of rotatable bonds is 7. The van der Waals surface area contributed by atoms with E-state index in [1.54, 1.807) is 0 Å². The summed E-state index contributed by atoms with van der Waals surface area (Å²) in [6, 6.07) is 67.5. The van der Waals surface area contributed by atoms with Gasteiger partial charge < -0.3 is 5.73 Å². The molecule has 1 aliphatic carbocycles. The van der Waals surface area contributed by atoms with Crippen LogP contribution in [0, 0.1) is 0 Å². The third-order valence-electron chi connectivity index (χ3n) is 11.9. The van der Waals surface area contributed by atoms with E-state index in [0.29, 0.717) is 12.2 Å². The van der Waals surface area contributed by atoms with Gasteiger partial charge in [-0.2, -0.15) is 0 Å². The summed E-state index contributed by atoms with van der Waals surface area (Å²) in [7, 11) is 0. The van der Waals surface area contributed by atoms with Crippen molar-refractivity contribution in [1.29, 1.82) is 0 Å². The maximum atomic E-state index is 7.09. The number of hydrogen-bond acceptors (Lipinski definition) is 2. The van der Waals surface area contributed by atoms with Crippen LogP contribution in [-0.4, -0.2) is 5.71 Å². The van der Waals surface area contributed by atoms with E-state index in [0.717, 1.165) is 38.6 Å². The minimum absolute atomic E-state index is 0.139. The molecule has 0 atom stereocenters. The van der Waals surface area contributed by atoms with Crippen LogP contribution in [-0.2, 0) is 12.0 Å². The summed E-state index contributed by atoms with van der Waals surface area (Å²) in [6.07, 6.45) is 2.06. The summed E-state index contributed by atoms with van der Waals surface area (Å²) >= 11 is 0. The number of fused-ring (bicyclic) bond motifs is 7. The molecule has 0 spiro atoms. The van der Waals surface area contributed by atoms with E-state index in [4.69, 9.17) is 10.7 Å². The molecule has 0 saturated carbocycles. The van der Waals surface area contributed by atoms with Crippen molar-refractivity contribution >= 4 is 43.7 Å². The Hall–Kier alpha value is -7.03. The number of nitrogens with two attached hydrogens (primary N) is 1. The predicted octanol–water partition coefficient (Wildman–Crippen LogP) is 13.8. The standard InChI is InChI=1S/C55H42N2/c1-55(2)53-44(23-13-25-49(53)50-31-30-38-17-7-9-20-43(38)54(50)55)40-28-26-39(27-29-40)42-32-33-47(46-22-11-10-21-45(42)46)51(56)34-52(57-35-36-14-4-3-5-15-36)48-24-12-18-37-16-6-8-19-41(37)48/h3-34H,35,56H2,1-2H3/b51-34-,57-52?. The molecule has 0 bridgehead atoms. The number of benzene rings is 9. The highest BCUT2D eigenvalue weighted by molar-refractivity contribution is 6.19. The van der Waals surface area contributed by atoms with Gasteiger partial charge in [-0.3, -0.25) is 4.99 Å². The summed E-state index contributed by atoms with van der Waals surface area (Å²) in [5, 5.41) is 7.24. The molecule has 0 aliphatic heterocycles. The lowest BCUT2D eigenvalue weighted by atomic mass is 9.77. The van der Waals surface area contributed by atoms with Gasteiger partial charge in [0.25, 0.3) is 0 Å². The Kier molecular flexibility index (Phi) is 8.42. The van der Waals surface area contributed by atoms with Crippen molar-refractivity contribution in [1.82, 2.24) is 0 Å². The van der Waals surface area contributed by atoms with Crippen LogP contribution < -0.4 is 5.73 Å². The molecule has 0 saturated heterocycles. The van der Waals surface area contributed by atoms with Crippen molar-refractivity contribution in [2.24, 2.45) is 10.7 Å². The third-order valence-corrected chi connectivity index (χ3v) is 11.9. The second kappa shape index (κ2) is 13.9. The SMILES string of the molecule is CC1(C)c2c(-c3ccc(-c4ccc(/C(N)=C/C(=NCc5ccccc5)c5cccc6ccccc56)c5ccccc45)cc3)cccc2-c2ccc3ccccc3c21. The zero-order valence-corrected chi connectivity index (χ0v) is 32.2. The molecule has 9 aromatic carbocycles. The van der Waals surface area contributed by atoms with Gasteiger partial charge in [-0.1, -0.05) is 202 Å². The zero-order valence-electron chi connectivity index (χ0n) is 32.2. The molecule has 272 valence electrons. The Bertz CT molecular complexity index is 3050. The minimum Gasteiger partial charge on any atom is -0.398 e. The van der Waals surface area contributed by atoms with Gasteiger partial charge in [0.1, 0.15) is 0 Å². The first-order valence-corrected chi connectivity index (χ1v) is 19.8. The zero-order chi connectivity index (χ0) is 38.5. The maximum absolute atomic E-state index is 7.09. The van der Waals surface area contributed by atoms with E-state index in [2.05, 4.69) is 202 Å². The van der Waals surface area contributed by atoms with Crippen LogP contribution in [0.3, 0.4) is 0 Å². The fourth-order valence-corrected chi connectivity index (χ4v) is 9.26. The van der Waals surface area contributed by atoms with Crippen LogP contribution in [0.25, 0.3) is 71.4 Å². The van der Waals surface area contributed by atoms with Crippen LogP contribution >= 0.6 is 0 Å². The average Bonchev–Trinajstić information content (AvgIpc) is 3.51. The van der Waals surface area contributed by atoms with Crippen LogP contribution in [0.15, 0.2) is 199 Å². The number of aliphatic imine (C=N–C) groups is 1. The first kappa shape index (κ1) is 34.5.